The average Bonchev–Trinajstić information content (AvgIpc) is 3.06. The van der Waals surface area contributed by atoms with E-state index < -0.39 is 0 Å². The Hall–Kier alpha value is -2.99. The van der Waals surface area contributed by atoms with E-state index >= 15 is 0 Å². The van der Waals surface area contributed by atoms with Crippen LogP contribution in [0.15, 0.2) is 47.8 Å². The minimum Gasteiger partial charge on any atom is -0.331 e. The summed E-state index contributed by atoms with van der Waals surface area (Å²) < 4.78 is 0. The van der Waals surface area contributed by atoms with Crippen LogP contribution in [0, 0.1) is 13.8 Å². The molecule has 0 aliphatic heterocycles. The van der Waals surface area contributed by atoms with E-state index in [2.05, 4.69) is 21.7 Å². The molecule has 1 aromatic heterocycles. The van der Waals surface area contributed by atoms with Crippen molar-refractivity contribution >= 4 is 39.5 Å². The van der Waals surface area contributed by atoms with Crippen molar-refractivity contribution in [2.24, 2.45) is 0 Å². The summed E-state index contributed by atoms with van der Waals surface area (Å²) in [6.07, 6.45) is 0. The fraction of sp³-hybridized carbons (Fsp3) is 0.150. The molecule has 2 N–H and O–H groups in total. The molecular formula is C20H19N3O2S. The Morgan fingerprint density at radius 3 is 2.62 bits per heavy atom. The van der Waals surface area contributed by atoms with Gasteiger partial charge in [0, 0.05) is 22.3 Å². The number of carbonyl (C=O) groups excluding carboxylic acids is 2. The van der Waals surface area contributed by atoms with Crippen LogP contribution in [-0.4, -0.2) is 16.7 Å². The van der Waals surface area contributed by atoms with Gasteiger partial charge in [-0.3, -0.25) is 9.59 Å². The molecule has 2 aromatic carbocycles. The lowest BCUT2D eigenvalue weighted by Crippen LogP contribution is -2.12. The Morgan fingerprint density at radius 1 is 1.08 bits per heavy atom. The van der Waals surface area contributed by atoms with E-state index in [0.29, 0.717) is 22.1 Å². The van der Waals surface area contributed by atoms with E-state index in [0.717, 1.165) is 11.3 Å². The first kappa shape index (κ1) is 17.8. The van der Waals surface area contributed by atoms with Gasteiger partial charge >= 0.3 is 0 Å². The van der Waals surface area contributed by atoms with Crippen molar-refractivity contribution < 1.29 is 9.59 Å². The number of amides is 1. The summed E-state index contributed by atoms with van der Waals surface area (Å²) >= 11 is 1.37. The third-order valence-corrected chi connectivity index (χ3v) is 4.65. The maximum absolute atomic E-state index is 12.4. The van der Waals surface area contributed by atoms with Crippen molar-refractivity contribution in [2.45, 2.75) is 20.8 Å². The first-order valence-electron chi connectivity index (χ1n) is 8.14. The summed E-state index contributed by atoms with van der Waals surface area (Å²) in [5, 5.41) is 8.38. The van der Waals surface area contributed by atoms with E-state index in [-0.39, 0.29) is 11.7 Å². The number of ketones is 1. The van der Waals surface area contributed by atoms with Gasteiger partial charge in [-0.15, -0.1) is 11.3 Å². The first-order chi connectivity index (χ1) is 12.4. The number of thiazole rings is 1. The van der Waals surface area contributed by atoms with Crippen molar-refractivity contribution in [2.75, 3.05) is 10.6 Å². The second kappa shape index (κ2) is 7.49. The zero-order valence-electron chi connectivity index (χ0n) is 14.8. The predicted molar refractivity (Wildman–Crippen MR) is 106 cm³/mol. The van der Waals surface area contributed by atoms with Crippen LogP contribution in [0.1, 0.15) is 38.9 Å². The molecule has 132 valence electrons. The molecule has 1 heterocycles. The van der Waals surface area contributed by atoms with Crippen LogP contribution >= 0.6 is 11.3 Å². The zero-order chi connectivity index (χ0) is 18.7. The van der Waals surface area contributed by atoms with Gasteiger partial charge in [0.1, 0.15) is 5.69 Å². The highest BCUT2D eigenvalue weighted by atomic mass is 32.1. The number of benzene rings is 2. The highest BCUT2D eigenvalue weighted by molar-refractivity contribution is 7.14. The fourth-order valence-electron chi connectivity index (χ4n) is 2.52. The number of carbonyl (C=O) groups is 2. The molecule has 0 aliphatic rings. The van der Waals surface area contributed by atoms with Gasteiger partial charge in [0.15, 0.2) is 10.9 Å². The normalized spacial score (nSPS) is 10.4. The smallest absolute Gasteiger partial charge is 0.275 e. The molecule has 0 radical (unpaired) electrons. The van der Waals surface area contributed by atoms with Gasteiger partial charge < -0.3 is 10.6 Å². The number of nitrogens with zero attached hydrogens (tertiary/aromatic N) is 1. The van der Waals surface area contributed by atoms with Gasteiger partial charge in [0.05, 0.1) is 0 Å². The molecule has 3 aromatic rings. The number of nitrogens with one attached hydrogen (secondary N) is 2. The number of rotatable bonds is 5. The van der Waals surface area contributed by atoms with E-state index in [4.69, 9.17) is 0 Å². The highest BCUT2D eigenvalue weighted by Gasteiger charge is 2.12. The van der Waals surface area contributed by atoms with Crippen molar-refractivity contribution in [1.29, 1.82) is 0 Å². The van der Waals surface area contributed by atoms with Crippen LogP contribution in [0.3, 0.4) is 0 Å². The van der Waals surface area contributed by atoms with Gasteiger partial charge in [-0.1, -0.05) is 29.8 Å². The molecule has 3 rings (SSSR count). The summed E-state index contributed by atoms with van der Waals surface area (Å²) in [4.78, 5) is 28.2. The molecule has 0 atom stereocenters. The van der Waals surface area contributed by atoms with Crippen molar-refractivity contribution in [3.05, 3.63) is 70.2 Å². The lowest BCUT2D eigenvalue weighted by atomic mass is 10.1. The molecule has 0 spiro atoms. The molecule has 6 heteroatoms. The van der Waals surface area contributed by atoms with Crippen LogP contribution in [0.2, 0.25) is 0 Å². The largest absolute Gasteiger partial charge is 0.331 e. The van der Waals surface area contributed by atoms with Crippen LogP contribution < -0.4 is 10.6 Å². The van der Waals surface area contributed by atoms with Gasteiger partial charge in [-0.25, -0.2) is 4.98 Å². The van der Waals surface area contributed by atoms with E-state index in [9.17, 15) is 9.59 Å². The van der Waals surface area contributed by atoms with E-state index in [1.807, 2.05) is 26.0 Å². The van der Waals surface area contributed by atoms with Crippen molar-refractivity contribution in [1.82, 2.24) is 4.98 Å². The van der Waals surface area contributed by atoms with Crippen molar-refractivity contribution in [3.8, 4) is 0 Å². The molecule has 1 amide bonds. The average molecular weight is 365 g/mol. The van der Waals surface area contributed by atoms with Gasteiger partial charge in [-0.05, 0) is 44.5 Å². The molecule has 26 heavy (non-hydrogen) atoms. The summed E-state index contributed by atoms with van der Waals surface area (Å²) in [5.41, 5.74) is 4.73. The van der Waals surface area contributed by atoms with E-state index in [1.165, 1.54) is 23.8 Å². The SMILES string of the molecule is CC(=O)c1cccc(NC(=O)c2csc(Nc3ccc(C)cc3C)n2)c1. The lowest BCUT2D eigenvalue weighted by molar-refractivity contribution is 0.100. The monoisotopic (exact) mass is 365 g/mol. The molecule has 0 fully saturated rings. The zero-order valence-corrected chi connectivity index (χ0v) is 15.6. The number of hydrogen-bond acceptors (Lipinski definition) is 5. The van der Waals surface area contributed by atoms with Crippen LogP contribution in [0.25, 0.3) is 0 Å². The minimum atomic E-state index is -0.310. The third kappa shape index (κ3) is 4.15. The molecule has 0 saturated heterocycles. The summed E-state index contributed by atoms with van der Waals surface area (Å²) in [6.45, 7) is 5.56. The highest BCUT2D eigenvalue weighted by Crippen LogP contribution is 2.24. The van der Waals surface area contributed by atoms with E-state index in [1.54, 1.807) is 29.6 Å². The quantitative estimate of drug-likeness (QED) is 0.627. The fourth-order valence-corrected chi connectivity index (χ4v) is 3.22. The van der Waals surface area contributed by atoms with Crippen LogP contribution in [-0.2, 0) is 0 Å². The topological polar surface area (TPSA) is 71.1 Å². The van der Waals surface area contributed by atoms with Gasteiger partial charge in [0.2, 0.25) is 0 Å². The number of Topliss-reactive ketones (excluding diaryl/α,β-unsaturated/α-hetero) is 1. The summed E-state index contributed by atoms with van der Waals surface area (Å²) in [5.74, 6) is -0.356. The molecule has 0 aliphatic carbocycles. The first-order valence-corrected chi connectivity index (χ1v) is 9.02. The molecule has 0 bridgehead atoms. The number of aryl methyl sites for hydroxylation is 2. The number of aromatic nitrogens is 1. The van der Waals surface area contributed by atoms with Gasteiger partial charge in [0.25, 0.3) is 5.91 Å². The minimum absolute atomic E-state index is 0.0466. The Bertz CT molecular complexity index is 979. The Kier molecular flexibility index (Phi) is 5.14. The molecular weight excluding hydrogens is 346 g/mol. The number of hydrogen-bond donors (Lipinski definition) is 2. The maximum atomic E-state index is 12.4. The molecule has 5 nitrogen and oxygen atoms in total. The standard InChI is InChI=1S/C20H19N3O2S/c1-12-7-8-17(13(2)9-12)22-20-23-18(11-26-20)19(25)21-16-6-4-5-15(10-16)14(3)24/h4-11H,1-3H3,(H,21,25)(H,22,23). The Labute approximate surface area is 156 Å². The van der Waals surface area contributed by atoms with Crippen LogP contribution in [0.4, 0.5) is 16.5 Å². The number of anilines is 3. The molecule has 0 unspecified atom stereocenters. The second-order valence-electron chi connectivity index (χ2n) is 6.07. The summed E-state index contributed by atoms with van der Waals surface area (Å²) in [7, 11) is 0. The van der Waals surface area contributed by atoms with Crippen LogP contribution in [0.5, 0.6) is 0 Å². The van der Waals surface area contributed by atoms with Gasteiger partial charge in [-0.2, -0.15) is 0 Å². The predicted octanol–water partition coefficient (Wildman–Crippen LogP) is 4.96. The second-order valence-corrected chi connectivity index (χ2v) is 6.93. The molecule has 0 saturated carbocycles. The van der Waals surface area contributed by atoms with Crippen molar-refractivity contribution in [3.63, 3.8) is 0 Å². The summed E-state index contributed by atoms with van der Waals surface area (Å²) in [6, 6.07) is 13.0. The lowest BCUT2D eigenvalue weighted by Gasteiger charge is -2.07. The Balaban J connectivity index is 1.72. The Morgan fingerprint density at radius 2 is 1.88 bits per heavy atom. The third-order valence-electron chi connectivity index (χ3n) is 3.89. The maximum Gasteiger partial charge on any atom is 0.275 e.